The van der Waals surface area contributed by atoms with Gasteiger partial charge in [0.05, 0.1) is 0 Å². The minimum atomic E-state index is 0.252. The molecule has 1 aromatic heterocycles. The Balaban J connectivity index is 1.73. The zero-order valence-electron chi connectivity index (χ0n) is 11.8. The second-order valence-corrected chi connectivity index (χ2v) is 6.37. The molecule has 102 valence electrons. The number of aromatic nitrogens is 1. The van der Waals surface area contributed by atoms with E-state index in [1.807, 2.05) is 13.0 Å². The molecule has 0 radical (unpaired) electrons. The Hall–Kier alpha value is -1.18. The Labute approximate surface area is 115 Å². The number of hydrogen-bond donors (Lipinski definition) is 0. The molecule has 1 aromatic rings. The van der Waals surface area contributed by atoms with E-state index in [0.29, 0.717) is 5.78 Å². The van der Waals surface area contributed by atoms with E-state index in [0.717, 1.165) is 35.8 Å². The summed E-state index contributed by atoms with van der Waals surface area (Å²) < 4.78 is 0. The lowest BCUT2D eigenvalue weighted by Gasteiger charge is -2.38. The van der Waals surface area contributed by atoms with Crippen molar-refractivity contribution in [3.63, 3.8) is 0 Å². The number of fused-ring (bicyclic) bond motifs is 1. The fraction of sp³-hybridized carbons (Fsp3) is 0.647. The van der Waals surface area contributed by atoms with Crippen molar-refractivity contribution in [1.29, 1.82) is 0 Å². The lowest BCUT2D eigenvalue weighted by Crippen LogP contribution is -2.31. The van der Waals surface area contributed by atoms with Gasteiger partial charge in [-0.1, -0.05) is 25.7 Å². The zero-order chi connectivity index (χ0) is 13.2. The van der Waals surface area contributed by atoms with Crippen LogP contribution in [0.2, 0.25) is 0 Å². The Morgan fingerprint density at radius 3 is 2.74 bits per heavy atom. The van der Waals surface area contributed by atoms with Gasteiger partial charge in [-0.15, -0.1) is 0 Å². The van der Waals surface area contributed by atoms with Gasteiger partial charge < -0.3 is 0 Å². The average molecular weight is 257 g/mol. The number of aryl methyl sites for hydroxylation is 1. The summed E-state index contributed by atoms with van der Waals surface area (Å²) in [6, 6.07) is 1.94. The number of Topliss-reactive ketones (excluding diaryl/α,β-unsaturated/α-hetero) is 1. The summed E-state index contributed by atoms with van der Waals surface area (Å²) in [6.45, 7) is 2.02. The topological polar surface area (TPSA) is 30.0 Å². The summed E-state index contributed by atoms with van der Waals surface area (Å²) in [5.74, 6) is 2.32. The summed E-state index contributed by atoms with van der Waals surface area (Å²) >= 11 is 0. The first-order valence-electron chi connectivity index (χ1n) is 7.70. The number of rotatable bonds is 2. The summed E-state index contributed by atoms with van der Waals surface area (Å²) in [7, 11) is 0. The molecular weight excluding hydrogens is 234 g/mol. The van der Waals surface area contributed by atoms with E-state index in [1.165, 1.54) is 32.1 Å². The first-order chi connectivity index (χ1) is 9.25. The van der Waals surface area contributed by atoms with E-state index in [-0.39, 0.29) is 5.92 Å². The van der Waals surface area contributed by atoms with Gasteiger partial charge in [0, 0.05) is 23.9 Å². The molecule has 3 atom stereocenters. The third-order valence-electron chi connectivity index (χ3n) is 5.22. The van der Waals surface area contributed by atoms with Crippen molar-refractivity contribution in [2.24, 2.45) is 17.8 Å². The lowest BCUT2D eigenvalue weighted by molar-refractivity contribution is 0.0762. The van der Waals surface area contributed by atoms with Crippen molar-refractivity contribution in [2.45, 2.75) is 51.9 Å². The molecule has 0 aliphatic heterocycles. The number of nitrogens with zero attached hydrogens (tertiary/aromatic N) is 1. The van der Waals surface area contributed by atoms with E-state index in [4.69, 9.17) is 0 Å². The van der Waals surface area contributed by atoms with Gasteiger partial charge in [-0.3, -0.25) is 9.78 Å². The highest BCUT2D eigenvalue weighted by molar-refractivity contribution is 5.98. The summed E-state index contributed by atoms with van der Waals surface area (Å²) in [6.07, 6.45) is 12.5. The monoisotopic (exact) mass is 257 g/mol. The molecule has 0 aromatic carbocycles. The maximum atomic E-state index is 12.7. The molecule has 0 bridgehead atoms. The van der Waals surface area contributed by atoms with Gasteiger partial charge in [-0.2, -0.15) is 0 Å². The molecule has 2 aliphatic rings. The van der Waals surface area contributed by atoms with E-state index in [9.17, 15) is 4.79 Å². The van der Waals surface area contributed by atoms with Crippen molar-refractivity contribution in [1.82, 2.24) is 4.98 Å². The van der Waals surface area contributed by atoms with E-state index in [2.05, 4.69) is 4.98 Å². The van der Waals surface area contributed by atoms with Crippen LogP contribution in [-0.4, -0.2) is 10.8 Å². The van der Waals surface area contributed by atoms with Crippen molar-refractivity contribution in [3.05, 3.63) is 29.6 Å². The van der Waals surface area contributed by atoms with Crippen LogP contribution in [0.5, 0.6) is 0 Å². The lowest BCUT2D eigenvalue weighted by atomic mass is 9.66. The predicted molar refractivity (Wildman–Crippen MR) is 76.1 cm³/mol. The fourth-order valence-corrected chi connectivity index (χ4v) is 4.05. The van der Waals surface area contributed by atoms with Crippen LogP contribution >= 0.6 is 0 Å². The molecule has 19 heavy (non-hydrogen) atoms. The fourth-order valence-electron chi connectivity index (χ4n) is 4.05. The molecule has 0 spiro atoms. The Morgan fingerprint density at radius 1 is 1.16 bits per heavy atom. The second kappa shape index (κ2) is 5.44. The van der Waals surface area contributed by atoms with Crippen molar-refractivity contribution in [3.8, 4) is 0 Å². The number of pyridine rings is 1. The summed E-state index contributed by atoms with van der Waals surface area (Å²) in [5, 5.41) is 0. The van der Waals surface area contributed by atoms with Crippen LogP contribution in [0.15, 0.2) is 18.5 Å². The van der Waals surface area contributed by atoms with Crippen molar-refractivity contribution >= 4 is 5.78 Å². The van der Waals surface area contributed by atoms with Crippen LogP contribution in [0.3, 0.4) is 0 Å². The van der Waals surface area contributed by atoms with Crippen LogP contribution < -0.4 is 0 Å². The number of carbonyl (C=O) groups excluding carboxylic acids is 1. The molecule has 1 heterocycles. The van der Waals surface area contributed by atoms with Crippen molar-refractivity contribution < 1.29 is 4.79 Å². The number of ketones is 1. The molecule has 0 amide bonds. The maximum Gasteiger partial charge on any atom is 0.167 e. The van der Waals surface area contributed by atoms with Gasteiger partial charge in [0.25, 0.3) is 0 Å². The van der Waals surface area contributed by atoms with Gasteiger partial charge in [0.15, 0.2) is 5.78 Å². The zero-order valence-corrected chi connectivity index (χ0v) is 11.8. The first kappa shape index (κ1) is 12.8. The van der Waals surface area contributed by atoms with Crippen LogP contribution in [0.1, 0.15) is 60.9 Å². The van der Waals surface area contributed by atoms with Gasteiger partial charge >= 0.3 is 0 Å². The van der Waals surface area contributed by atoms with Crippen LogP contribution in [0, 0.1) is 24.7 Å². The third kappa shape index (κ3) is 2.58. The molecule has 3 unspecified atom stereocenters. The van der Waals surface area contributed by atoms with E-state index in [1.54, 1.807) is 12.4 Å². The van der Waals surface area contributed by atoms with Crippen LogP contribution in [-0.2, 0) is 0 Å². The van der Waals surface area contributed by atoms with Crippen molar-refractivity contribution in [2.75, 3.05) is 0 Å². The molecule has 3 rings (SSSR count). The summed E-state index contributed by atoms with van der Waals surface area (Å²) in [4.78, 5) is 16.8. The molecule has 0 saturated heterocycles. The number of hydrogen-bond acceptors (Lipinski definition) is 2. The molecule has 0 N–H and O–H groups in total. The Bertz CT molecular complexity index is 468. The smallest absolute Gasteiger partial charge is 0.167 e. The van der Waals surface area contributed by atoms with E-state index < -0.39 is 0 Å². The molecule has 2 heteroatoms. The highest BCUT2D eigenvalue weighted by atomic mass is 16.1. The maximum absolute atomic E-state index is 12.7. The van der Waals surface area contributed by atoms with Gasteiger partial charge in [-0.25, -0.2) is 0 Å². The molecule has 2 nitrogen and oxygen atoms in total. The first-order valence-corrected chi connectivity index (χ1v) is 7.70. The molecule has 2 fully saturated rings. The predicted octanol–water partition coefficient (Wildman–Crippen LogP) is 4.18. The largest absolute Gasteiger partial charge is 0.294 e. The quantitative estimate of drug-likeness (QED) is 0.744. The van der Waals surface area contributed by atoms with Gasteiger partial charge in [-0.05, 0) is 49.7 Å². The highest BCUT2D eigenvalue weighted by Crippen LogP contribution is 2.43. The van der Waals surface area contributed by atoms with Crippen LogP contribution in [0.4, 0.5) is 0 Å². The summed E-state index contributed by atoms with van der Waals surface area (Å²) in [5.41, 5.74) is 1.92. The molecular formula is C17H23NO. The second-order valence-electron chi connectivity index (χ2n) is 6.37. The minimum Gasteiger partial charge on any atom is -0.294 e. The third-order valence-corrected chi connectivity index (χ3v) is 5.22. The Kier molecular flexibility index (Phi) is 3.67. The molecule has 2 saturated carbocycles. The minimum absolute atomic E-state index is 0.252. The normalized spacial score (nSPS) is 30.7. The Morgan fingerprint density at radius 2 is 1.95 bits per heavy atom. The number of carbonyl (C=O) groups is 1. The average Bonchev–Trinajstić information content (AvgIpc) is 2.46. The van der Waals surface area contributed by atoms with Gasteiger partial charge in [0.2, 0.25) is 0 Å². The molecule has 2 aliphatic carbocycles. The van der Waals surface area contributed by atoms with E-state index >= 15 is 0 Å². The van der Waals surface area contributed by atoms with Gasteiger partial charge in [0.1, 0.15) is 0 Å². The SMILES string of the molecule is Cc1ccncc1C(=O)C1CCC2CCCCC2C1. The highest BCUT2D eigenvalue weighted by Gasteiger charge is 2.35. The van der Waals surface area contributed by atoms with Crippen LogP contribution in [0.25, 0.3) is 0 Å². The standard InChI is InChI=1S/C17H23NO/c1-12-8-9-18-11-16(12)17(19)15-7-6-13-4-2-3-5-14(13)10-15/h8-9,11,13-15H,2-7,10H2,1H3.